The van der Waals surface area contributed by atoms with E-state index in [1.165, 1.54) is 24.8 Å². The highest BCUT2D eigenvalue weighted by molar-refractivity contribution is 5.17. The van der Waals surface area contributed by atoms with Crippen molar-refractivity contribution in [1.29, 1.82) is 0 Å². The third-order valence-electron chi connectivity index (χ3n) is 5.08. The van der Waals surface area contributed by atoms with E-state index in [0.717, 1.165) is 18.9 Å². The molecule has 1 N–H and O–H groups in total. The first-order chi connectivity index (χ1) is 9.90. The van der Waals surface area contributed by atoms with Gasteiger partial charge in [0.1, 0.15) is 5.82 Å². The summed E-state index contributed by atoms with van der Waals surface area (Å²) < 4.78 is 13.1. The van der Waals surface area contributed by atoms with Crippen LogP contribution in [-0.4, -0.2) is 12.6 Å². The summed E-state index contributed by atoms with van der Waals surface area (Å²) >= 11 is 0. The molecule has 3 atom stereocenters. The molecule has 2 rings (SSSR count). The van der Waals surface area contributed by atoms with E-state index in [-0.39, 0.29) is 5.82 Å². The van der Waals surface area contributed by atoms with Gasteiger partial charge in [0.2, 0.25) is 0 Å². The van der Waals surface area contributed by atoms with Gasteiger partial charge in [-0.05, 0) is 67.2 Å². The van der Waals surface area contributed by atoms with Gasteiger partial charge in [0.05, 0.1) is 0 Å². The molecule has 1 aliphatic carbocycles. The number of rotatable bonds is 4. The van der Waals surface area contributed by atoms with Gasteiger partial charge in [-0.1, -0.05) is 39.8 Å². The highest BCUT2D eigenvalue weighted by atomic mass is 19.1. The van der Waals surface area contributed by atoms with Gasteiger partial charge in [-0.2, -0.15) is 0 Å². The molecule has 0 spiro atoms. The lowest BCUT2D eigenvalue weighted by Crippen LogP contribution is -2.43. The molecule has 1 nitrogen and oxygen atoms in total. The third-order valence-corrected chi connectivity index (χ3v) is 5.08. The largest absolute Gasteiger partial charge is 0.314 e. The van der Waals surface area contributed by atoms with Crippen LogP contribution >= 0.6 is 0 Å². The summed E-state index contributed by atoms with van der Waals surface area (Å²) in [5, 5.41) is 3.66. The van der Waals surface area contributed by atoms with Crippen molar-refractivity contribution >= 4 is 0 Å². The SMILES string of the molecule is CCNC1CCC(C(C)(C)C)CC1Cc1ccc(F)cc1. The van der Waals surface area contributed by atoms with Crippen LogP contribution in [0.2, 0.25) is 0 Å². The van der Waals surface area contributed by atoms with Crippen LogP contribution < -0.4 is 5.32 Å². The van der Waals surface area contributed by atoms with Crippen molar-refractivity contribution in [3.8, 4) is 0 Å². The van der Waals surface area contributed by atoms with E-state index in [0.29, 0.717) is 17.4 Å². The van der Waals surface area contributed by atoms with E-state index < -0.39 is 0 Å². The minimum absolute atomic E-state index is 0.141. The fraction of sp³-hybridized carbons (Fsp3) is 0.684. The summed E-state index contributed by atoms with van der Waals surface area (Å²) in [4.78, 5) is 0. The Balaban J connectivity index is 2.08. The van der Waals surface area contributed by atoms with Crippen LogP contribution in [0.15, 0.2) is 24.3 Å². The molecule has 1 fully saturated rings. The van der Waals surface area contributed by atoms with Crippen molar-refractivity contribution in [3.05, 3.63) is 35.6 Å². The van der Waals surface area contributed by atoms with Crippen LogP contribution in [-0.2, 0) is 6.42 Å². The summed E-state index contributed by atoms with van der Waals surface area (Å²) in [5.74, 6) is 1.31. The molecule has 2 heteroatoms. The number of nitrogens with one attached hydrogen (secondary N) is 1. The molecule has 3 unspecified atom stereocenters. The van der Waals surface area contributed by atoms with Crippen LogP contribution in [0.5, 0.6) is 0 Å². The van der Waals surface area contributed by atoms with Crippen molar-refractivity contribution in [2.75, 3.05) is 6.54 Å². The van der Waals surface area contributed by atoms with Gasteiger partial charge in [-0.15, -0.1) is 0 Å². The molecular weight excluding hydrogens is 261 g/mol. The Morgan fingerprint density at radius 1 is 1.14 bits per heavy atom. The Bertz CT molecular complexity index is 432. The molecule has 1 aliphatic rings. The molecule has 0 heterocycles. The maximum Gasteiger partial charge on any atom is 0.123 e. The first kappa shape index (κ1) is 16.5. The Labute approximate surface area is 129 Å². The maximum absolute atomic E-state index is 13.1. The van der Waals surface area contributed by atoms with E-state index >= 15 is 0 Å². The van der Waals surface area contributed by atoms with Crippen LogP contribution in [0.4, 0.5) is 4.39 Å². The van der Waals surface area contributed by atoms with Crippen molar-refractivity contribution in [3.63, 3.8) is 0 Å². The van der Waals surface area contributed by atoms with Crippen LogP contribution in [0.3, 0.4) is 0 Å². The van der Waals surface area contributed by atoms with E-state index in [4.69, 9.17) is 0 Å². The van der Waals surface area contributed by atoms with E-state index in [1.807, 2.05) is 12.1 Å². The van der Waals surface area contributed by atoms with Gasteiger partial charge in [-0.3, -0.25) is 0 Å². The van der Waals surface area contributed by atoms with Crippen LogP contribution in [0, 0.1) is 23.1 Å². The topological polar surface area (TPSA) is 12.0 Å². The fourth-order valence-electron chi connectivity index (χ4n) is 3.73. The molecule has 1 aromatic rings. The summed E-state index contributed by atoms with van der Waals surface area (Å²) in [7, 11) is 0. The predicted octanol–water partition coefficient (Wildman–Crippen LogP) is 4.81. The monoisotopic (exact) mass is 291 g/mol. The van der Waals surface area contributed by atoms with Crippen LogP contribution in [0.25, 0.3) is 0 Å². The molecule has 0 amide bonds. The van der Waals surface area contributed by atoms with Gasteiger partial charge in [0.25, 0.3) is 0 Å². The average Bonchev–Trinajstić information content (AvgIpc) is 2.42. The Morgan fingerprint density at radius 2 is 1.81 bits per heavy atom. The standard InChI is InChI=1S/C19H30FN/c1-5-21-18-11-8-16(19(2,3)4)13-15(18)12-14-6-9-17(20)10-7-14/h6-7,9-10,15-16,18,21H,5,8,11-13H2,1-4H3. The first-order valence-electron chi connectivity index (χ1n) is 8.38. The molecule has 118 valence electrons. The summed E-state index contributed by atoms with van der Waals surface area (Å²) in [6, 6.07) is 7.67. The Hall–Kier alpha value is -0.890. The quantitative estimate of drug-likeness (QED) is 0.839. The zero-order valence-corrected chi connectivity index (χ0v) is 14.0. The third kappa shape index (κ3) is 4.54. The second kappa shape index (κ2) is 6.91. The van der Waals surface area contributed by atoms with Gasteiger partial charge in [-0.25, -0.2) is 4.39 Å². The van der Waals surface area contributed by atoms with Gasteiger partial charge in [0, 0.05) is 6.04 Å². The van der Waals surface area contributed by atoms with Crippen molar-refractivity contribution in [2.45, 2.75) is 59.4 Å². The summed E-state index contributed by atoms with van der Waals surface area (Å²) in [6.45, 7) is 10.3. The van der Waals surface area contributed by atoms with E-state index in [9.17, 15) is 4.39 Å². The lowest BCUT2D eigenvalue weighted by Gasteiger charge is -2.42. The number of benzene rings is 1. The van der Waals surface area contributed by atoms with Crippen molar-refractivity contribution in [1.82, 2.24) is 5.32 Å². The zero-order valence-electron chi connectivity index (χ0n) is 14.0. The Kier molecular flexibility index (Phi) is 5.43. The van der Waals surface area contributed by atoms with Gasteiger partial charge >= 0.3 is 0 Å². The molecule has 0 saturated heterocycles. The fourth-order valence-corrected chi connectivity index (χ4v) is 3.73. The molecule has 0 bridgehead atoms. The van der Waals surface area contributed by atoms with Crippen LogP contribution in [0.1, 0.15) is 52.5 Å². The summed E-state index contributed by atoms with van der Waals surface area (Å²) in [6.07, 6.45) is 4.92. The van der Waals surface area contributed by atoms with Gasteiger partial charge in [0.15, 0.2) is 0 Å². The molecule has 0 aliphatic heterocycles. The molecule has 21 heavy (non-hydrogen) atoms. The van der Waals surface area contributed by atoms with E-state index in [1.54, 1.807) is 12.1 Å². The lowest BCUT2D eigenvalue weighted by molar-refractivity contribution is 0.114. The highest BCUT2D eigenvalue weighted by Gasteiger charge is 2.35. The molecule has 1 saturated carbocycles. The summed E-state index contributed by atoms with van der Waals surface area (Å²) in [5.41, 5.74) is 1.65. The molecule has 1 aromatic carbocycles. The minimum Gasteiger partial charge on any atom is -0.314 e. The second-order valence-electron chi connectivity index (χ2n) is 7.63. The zero-order chi connectivity index (χ0) is 15.5. The molecule has 0 aromatic heterocycles. The average molecular weight is 291 g/mol. The van der Waals surface area contributed by atoms with Crippen molar-refractivity contribution in [2.24, 2.45) is 17.3 Å². The number of hydrogen-bond donors (Lipinski definition) is 1. The number of halogens is 1. The minimum atomic E-state index is -0.141. The first-order valence-corrected chi connectivity index (χ1v) is 8.38. The number of hydrogen-bond acceptors (Lipinski definition) is 1. The predicted molar refractivity (Wildman–Crippen MR) is 87.9 cm³/mol. The lowest BCUT2D eigenvalue weighted by atomic mass is 9.66. The maximum atomic E-state index is 13.1. The van der Waals surface area contributed by atoms with Gasteiger partial charge < -0.3 is 5.32 Å². The second-order valence-corrected chi connectivity index (χ2v) is 7.63. The molecular formula is C19H30FN. The highest BCUT2D eigenvalue weighted by Crippen LogP contribution is 2.41. The Morgan fingerprint density at radius 3 is 2.38 bits per heavy atom. The molecule has 0 radical (unpaired) electrons. The normalized spacial score (nSPS) is 26.8. The smallest absolute Gasteiger partial charge is 0.123 e. The van der Waals surface area contributed by atoms with Crippen molar-refractivity contribution < 1.29 is 4.39 Å². The van der Waals surface area contributed by atoms with E-state index in [2.05, 4.69) is 33.0 Å².